The van der Waals surface area contributed by atoms with Gasteiger partial charge in [0, 0.05) is 5.41 Å². The lowest BCUT2D eigenvalue weighted by molar-refractivity contribution is -0.121. The lowest BCUT2D eigenvalue weighted by Gasteiger charge is -2.12. The van der Waals surface area contributed by atoms with Crippen LogP contribution in [0.25, 0.3) is 6.08 Å². The Bertz CT molecular complexity index is 367. The molecule has 0 fully saturated rings. The van der Waals surface area contributed by atoms with Gasteiger partial charge in [-0.1, -0.05) is 39.0 Å². The Morgan fingerprint density at radius 2 is 1.73 bits per heavy atom. The van der Waals surface area contributed by atoms with Crippen molar-refractivity contribution in [2.24, 2.45) is 5.41 Å². The highest BCUT2D eigenvalue weighted by Gasteiger charge is 2.17. The van der Waals surface area contributed by atoms with Gasteiger partial charge in [-0.15, -0.1) is 0 Å². The molecule has 0 atom stereocenters. The molecule has 0 aliphatic heterocycles. The Labute approximate surface area is 90.3 Å². The predicted molar refractivity (Wildman–Crippen MR) is 61.6 cm³/mol. The van der Waals surface area contributed by atoms with E-state index in [9.17, 15) is 4.79 Å². The van der Waals surface area contributed by atoms with Crippen LogP contribution >= 0.6 is 0 Å². The highest BCUT2D eigenvalue weighted by molar-refractivity contribution is 5.97. The van der Waals surface area contributed by atoms with E-state index in [2.05, 4.69) is 0 Å². The topological polar surface area (TPSA) is 37.3 Å². The maximum Gasteiger partial charge on any atom is 0.161 e. The molecule has 0 saturated heterocycles. The molecular formula is C13H16O2. The Morgan fingerprint density at radius 3 is 2.20 bits per heavy atom. The van der Waals surface area contributed by atoms with Crippen molar-refractivity contribution >= 4 is 11.9 Å². The number of phenols is 1. The second-order valence-electron chi connectivity index (χ2n) is 4.54. The smallest absolute Gasteiger partial charge is 0.161 e. The standard InChI is InChI=1S/C13H16O2/c1-13(2,3)12(15)9-6-10-4-7-11(14)8-5-10/h4-9,14H,1-3H3/b9-6+. The average Bonchev–Trinajstić information content (AvgIpc) is 2.15. The summed E-state index contributed by atoms with van der Waals surface area (Å²) in [4.78, 5) is 11.6. The Balaban J connectivity index is 2.74. The quantitative estimate of drug-likeness (QED) is 0.752. The van der Waals surface area contributed by atoms with Gasteiger partial charge in [0.1, 0.15) is 5.75 Å². The highest BCUT2D eigenvalue weighted by atomic mass is 16.3. The molecule has 1 N–H and O–H groups in total. The first-order chi connectivity index (χ1) is 6.89. The number of rotatable bonds is 2. The molecule has 0 aliphatic carbocycles. The molecule has 80 valence electrons. The molecule has 0 saturated carbocycles. The molecule has 1 rings (SSSR count). The van der Waals surface area contributed by atoms with E-state index in [1.54, 1.807) is 36.4 Å². The van der Waals surface area contributed by atoms with Crippen molar-refractivity contribution in [2.45, 2.75) is 20.8 Å². The van der Waals surface area contributed by atoms with Crippen molar-refractivity contribution in [3.8, 4) is 5.75 Å². The summed E-state index contributed by atoms with van der Waals surface area (Å²) in [7, 11) is 0. The highest BCUT2D eigenvalue weighted by Crippen LogP contribution is 2.16. The summed E-state index contributed by atoms with van der Waals surface area (Å²) in [5, 5.41) is 9.07. The Hall–Kier alpha value is -1.57. The molecule has 0 radical (unpaired) electrons. The summed E-state index contributed by atoms with van der Waals surface area (Å²) in [6.45, 7) is 5.66. The fraction of sp³-hybridized carbons (Fsp3) is 0.308. The molecule has 0 amide bonds. The summed E-state index contributed by atoms with van der Waals surface area (Å²) in [6, 6.07) is 6.73. The number of allylic oxidation sites excluding steroid dienone is 1. The fourth-order valence-electron chi connectivity index (χ4n) is 1.01. The minimum absolute atomic E-state index is 0.0931. The van der Waals surface area contributed by atoms with Gasteiger partial charge < -0.3 is 5.11 Å². The van der Waals surface area contributed by atoms with E-state index in [0.717, 1.165) is 5.56 Å². The van der Waals surface area contributed by atoms with Crippen molar-refractivity contribution in [1.29, 1.82) is 0 Å². The molecule has 2 nitrogen and oxygen atoms in total. The monoisotopic (exact) mass is 204 g/mol. The zero-order valence-corrected chi connectivity index (χ0v) is 9.32. The molecule has 0 aliphatic rings. The molecule has 0 spiro atoms. The van der Waals surface area contributed by atoms with Crippen LogP contribution in [-0.2, 0) is 4.79 Å². The van der Waals surface area contributed by atoms with Crippen LogP contribution in [0.4, 0.5) is 0 Å². The van der Waals surface area contributed by atoms with Gasteiger partial charge in [0.15, 0.2) is 5.78 Å². The second-order valence-corrected chi connectivity index (χ2v) is 4.54. The first-order valence-electron chi connectivity index (χ1n) is 4.91. The third kappa shape index (κ3) is 3.58. The minimum atomic E-state index is -0.340. The maximum atomic E-state index is 11.6. The van der Waals surface area contributed by atoms with E-state index in [0.29, 0.717) is 0 Å². The lowest BCUT2D eigenvalue weighted by Crippen LogP contribution is -2.17. The molecule has 1 aromatic carbocycles. The van der Waals surface area contributed by atoms with E-state index >= 15 is 0 Å². The van der Waals surface area contributed by atoms with Crippen molar-refractivity contribution in [3.63, 3.8) is 0 Å². The van der Waals surface area contributed by atoms with Gasteiger partial charge in [0.2, 0.25) is 0 Å². The zero-order chi connectivity index (χ0) is 11.5. The van der Waals surface area contributed by atoms with Crippen LogP contribution in [0.1, 0.15) is 26.3 Å². The molecule has 15 heavy (non-hydrogen) atoms. The SMILES string of the molecule is CC(C)(C)C(=O)/C=C/c1ccc(O)cc1. The lowest BCUT2D eigenvalue weighted by atomic mass is 9.90. The number of carbonyl (C=O) groups excluding carboxylic acids is 1. The number of carbonyl (C=O) groups is 1. The molecule has 0 heterocycles. The largest absolute Gasteiger partial charge is 0.508 e. The molecule has 0 aromatic heterocycles. The molecule has 2 heteroatoms. The predicted octanol–water partition coefficient (Wildman–Crippen LogP) is 3.02. The van der Waals surface area contributed by atoms with Crippen LogP contribution in [-0.4, -0.2) is 10.9 Å². The van der Waals surface area contributed by atoms with Crippen LogP contribution in [0.3, 0.4) is 0 Å². The average molecular weight is 204 g/mol. The van der Waals surface area contributed by atoms with Gasteiger partial charge in [-0.05, 0) is 23.8 Å². The number of aromatic hydroxyl groups is 1. The van der Waals surface area contributed by atoms with E-state index in [1.165, 1.54) is 0 Å². The van der Waals surface area contributed by atoms with Gasteiger partial charge in [0.05, 0.1) is 0 Å². The maximum absolute atomic E-state index is 11.6. The normalized spacial score (nSPS) is 11.9. The molecule has 1 aromatic rings. The number of phenolic OH excluding ortho intramolecular Hbond substituents is 1. The van der Waals surface area contributed by atoms with Crippen LogP contribution in [0.2, 0.25) is 0 Å². The van der Waals surface area contributed by atoms with E-state index in [1.807, 2.05) is 20.8 Å². The third-order valence-electron chi connectivity index (χ3n) is 2.06. The van der Waals surface area contributed by atoms with Gasteiger partial charge in [-0.3, -0.25) is 4.79 Å². The molecular weight excluding hydrogens is 188 g/mol. The first kappa shape index (κ1) is 11.5. The van der Waals surface area contributed by atoms with Gasteiger partial charge in [-0.2, -0.15) is 0 Å². The summed E-state index contributed by atoms with van der Waals surface area (Å²) < 4.78 is 0. The third-order valence-corrected chi connectivity index (χ3v) is 2.06. The summed E-state index contributed by atoms with van der Waals surface area (Å²) in [5.74, 6) is 0.324. The number of hydrogen-bond acceptors (Lipinski definition) is 2. The minimum Gasteiger partial charge on any atom is -0.508 e. The summed E-state index contributed by atoms with van der Waals surface area (Å²) in [6.07, 6.45) is 3.33. The second kappa shape index (κ2) is 4.30. The van der Waals surface area contributed by atoms with E-state index in [4.69, 9.17) is 5.11 Å². The van der Waals surface area contributed by atoms with Gasteiger partial charge in [0.25, 0.3) is 0 Å². The number of hydrogen-bond donors (Lipinski definition) is 1. The Morgan fingerprint density at radius 1 is 1.20 bits per heavy atom. The summed E-state index contributed by atoms with van der Waals surface area (Å²) >= 11 is 0. The fourth-order valence-corrected chi connectivity index (χ4v) is 1.01. The number of ketones is 1. The van der Waals surface area contributed by atoms with Crippen LogP contribution < -0.4 is 0 Å². The molecule has 0 unspecified atom stereocenters. The van der Waals surface area contributed by atoms with Gasteiger partial charge >= 0.3 is 0 Å². The van der Waals surface area contributed by atoms with Crippen molar-refractivity contribution < 1.29 is 9.90 Å². The first-order valence-corrected chi connectivity index (χ1v) is 4.91. The number of benzene rings is 1. The van der Waals surface area contributed by atoms with Crippen molar-refractivity contribution in [3.05, 3.63) is 35.9 Å². The van der Waals surface area contributed by atoms with Crippen LogP contribution in [0.15, 0.2) is 30.3 Å². The van der Waals surface area contributed by atoms with Crippen LogP contribution in [0.5, 0.6) is 5.75 Å². The van der Waals surface area contributed by atoms with Crippen molar-refractivity contribution in [1.82, 2.24) is 0 Å². The van der Waals surface area contributed by atoms with Gasteiger partial charge in [-0.25, -0.2) is 0 Å². The van der Waals surface area contributed by atoms with Crippen molar-refractivity contribution in [2.75, 3.05) is 0 Å². The zero-order valence-electron chi connectivity index (χ0n) is 9.32. The van der Waals surface area contributed by atoms with E-state index < -0.39 is 0 Å². The van der Waals surface area contributed by atoms with Crippen LogP contribution in [0, 0.1) is 5.41 Å². The molecule has 0 bridgehead atoms. The summed E-state index contributed by atoms with van der Waals surface area (Å²) in [5.41, 5.74) is 0.568. The van der Waals surface area contributed by atoms with E-state index in [-0.39, 0.29) is 16.9 Å². The Kier molecular flexibility index (Phi) is 3.30.